The zero-order valence-electron chi connectivity index (χ0n) is 12.6. The van der Waals surface area contributed by atoms with Crippen molar-refractivity contribution >= 4 is 21.8 Å². The number of hydrogen-bond donors (Lipinski definition) is 1. The Balaban J connectivity index is 2.01. The second-order valence-electron chi connectivity index (χ2n) is 6.86. The van der Waals surface area contributed by atoms with Crippen molar-refractivity contribution in [1.82, 2.24) is 4.57 Å². The van der Waals surface area contributed by atoms with Gasteiger partial charge in [0.15, 0.2) is 0 Å². The van der Waals surface area contributed by atoms with Gasteiger partial charge in [0.25, 0.3) is 0 Å². The van der Waals surface area contributed by atoms with Crippen molar-refractivity contribution in [2.45, 2.75) is 38.8 Å². The minimum absolute atomic E-state index is 0.798. The molecule has 21 heavy (non-hydrogen) atoms. The molecular formula is C19H21NO. The number of hydrogen-bond acceptors (Lipinski definition) is 1. The van der Waals surface area contributed by atoms with Gasteiger partial charge < -0.3 is 9.67 Å². The maximum absolute atomic E-state index is 10.3. The molecule has 4 rings (SSSR count). The van der Waals surface area contributed by atoms with Crippen LogP contribution >= 0.6 is 0 Å². The Morgan fingerprint density at radius 2 is 1.76 bits per heavy atom. The van der Waals surface area contributed by atoms with Gasteiger partial charge in [-0.1, -0.05) is 24.3 Å². The van der Waals surface area contributed by atoms with Crippen LogP contribution in [-0.2, 0) is 12.1 Å². The van der Waals surface area contributed by atoms with Crippen molar-refractivity contribution in [3.63, 3.8) is 0 Å². The molecule has 0 spiro atoms. The third-order valence-corrected chi connectivity index (χ3v) is 4.62. The summed E-state index contributed by atoms with van der Waals surface area (Å²) in [6.45, 7) is 4.81. The summed E-state index contributed by atoms with van der Waals surface area (Å²) in [7, 11) is 0. The molecule has 0 bridgehead atoms. The molecule has 1 N–H and O–H groups in total. The molecule has 1 aliphatic carbocycles. The largest absolute Gasteiger partial charge is 0.386 e. The van der Waals surface area contributed by atoms with Crippen LogP contribution in [0, 0.1) is 5.92 Å². The fourth-order valence-corrected chi connectivity index (χ4v) is 3.19. The lowest BCUT2D eigenvalue weighted by atomic mass is 9.96. The summed E-state index contributed by atoms with van der Waals surface area (Å²) < 4.78 is 2.45. The Kier molecular flexibility index (Phi) is 2.67. The molecule has 2 nitrogen and oxygen atoms in total. The normalized spacial score (nSPS) is 16.0. The van der Waals surface area contributed by atoms with Crippen LogP contribution in [0.25, 0.3) is 21.8 Å². The van der Waals surface area contributed by atoms with E-state index in [1.54, 1.807) is 0 Å². The predicted octanol–water partition coefficient (Wildman–Crippen LogP) is 4.43. The van der Waals surface area contributed by atoms with Gasteiger partial charge in [0.2, 0.25) is 0 Å². The Labute approximate surface area is 125 Å². The topological polar surface area (TPSA) is 25.2 Å². The van der Waals surface area contributed by atoms with Crippen LogP contribution in [0.3, 0.4) is 0 Å². The van der Waals surface area contributed by atoms with Gasteiger partial charge in [0.1, 0.15) is 0 Å². The Bertz CT molecular complexity index is 819. The quantitative estimate of drug-likeness (QED) is 0.753. The molecular weight excluding hydrogens is 258 g/mol. The highest BCUT2D eigenvalue weighted by molar-refractivity contribution is 6.08. The van der Waals surface area contributed by atoms with E-state index in [9.17, 15) is 5.11 Å². The minimum atomic E-state index is -0.798. The second-order valence-corrected chi connectivity index (χ2v) is 6.86. The summed E-state index contributed by atoms with van der Waals surface area (Å²) in [6, 6.07) is 15.0. The van der Waals surface area contributed by atoms with Gasteiger partial charge in [0, 0.05) is 28.4 Å². The maximum Gasteiger partial charge on any atom is 0.0840 e. The van der Waals surface area contributed by atoms with Crippen LogP contribution in [-0.4, -0.2) is 9.67 Å². The molecule has 1 heterocycles. The number of nitrogens with zero attached hydrogens (tertiary/aromatic N) is 1. The number of aliphatic hydroxyl groups is 1. The molecule has 1 saturated carbocycles. The van der Waals surface area contributed by atoms with E-state index in [4.69, 9.17) is 0 Å². The van der Waals surface area contributed by atoms with Crippen LogP contribution in [0.4, 0.5) is 0 Å². The number of fused-ring (bicyclic) bond motifs is 3. The maximum atomic E-state index is 10.3. The van der Waals surface area contributed by atoms with Crippen LogP contribution in [0.1, 0.15) is 32.3 Å². The molecule has 2 heteroatoms. The lowest BCUT2D eigenvalue weighted by molar-refractivity contribution is 0.0787. The van der Waals surface area contributed by atoms with E-state index in [0.717, 1.165) is 18.0 Å². The van der Waals surface area contributed by atoms with E-state index in [1.165, 1.54) is 34.6 Å². The van der Waals surface area contributed by atoms with Crippen molar-refractivity contribution in [1.29, 1.82) is 0 Å². The smallest absolute Gasteiger partial charge is 0.0840 e. The molecule has 3 aromatic rings. The van der Waals surface area contributed by atoms with Gasteiger partial charge in [-0.15, -0.1) is 0 Å². The molecule has 0 unspecified atom stereocenters. The van der Waals surface area contributed by atoms with Crippen molar-refractivity contribution in [3.05, 3.63) is 48.0 Å². The fourth-order valence-electron chi connectivity index (χ4n) is 3.19. The Hall–Kier alpha value is -1.80. The first-order valence-electron chi connectivity index (χ1n) is 7.78. The molecule has 1 aliphatic rings. The highest BCUT2D eigenvalue weighted by Gasteiger charge is 2.24. The van der Waals surface area contributed by atoms with Gasteiger partial charge in [-0.05, 0) is 56.4 Å². The number of aromatic nitrogens is 1. The van der Waals surface area contributed by atoms with Gasteiger partial charge >= 0.3 is 0 Å². The zero-order chi connectivity index (χ0) is 14.6. The number of para-hydroxylation sites is 1. The van der Waals surface area contributed by atoms with Gasteiger partial charge in [-0.3, -0.25) is 0 Å². The third kappa shape index (κ3) is 2.14. The SMILES string of the molecule is CC(C)(O)c1ccc2c(c1)c1ccccc1n2CC1CC1. The van der Waals surface area contributed by atoms with E-state index in [1.807, 2.05) is 13.8 Å². The molecule has 0 saturated heterocycles. The number of benzene rings is 2. The highest BCUT2D eigenvalue weighted by atomic mass is 16.3. The van der Waals surface area contributed by atoms with E-state index in [0.29, 0.717) is 0 Å². The van der Waals surface area contributed by atoms with Gasteiger partial charge in [-0.2, -0.15) is 0 Å². The molecule has 108 valence electrons. The van der Waals surface area contributed by atoms with Gasteiger partial charge in [0.05, 0.1) is 5.60 Å². The average molecular weight is 279 g/mol. The first kappa shape index (κ1) is 12.9. The summed E-state index contributed by atoms with van der Waals surface area (Å²) in [6.07, 6.45) is 2.71. The van der Waals surface area contributed by atoms with Crippen molar-refractivity contribution in [2.24, 2.45) is 5.92 Å². The molecule has 1 aromatic heterocycles. The van der Waals surface area contributed by atoms with E-state index >= 15 is 0 Å². The molecule has 0 amide bonds. The lowest BCUT2D eigenvalue weighted by Gasteiger charge is -2.18. The highest BCUT2D eigenvalue weighted by Crippen LogP contribution is 2.37. The third-order valence-electron chi connectivity index (χ3n) is 4.62. The number of rotatable bonds is 3. The minimum Gasteiger partial charge on any atom is -0.386 e. The van der Waals surface area contributed by atoms with Crippen LogP contribution in [0.2, 0.25) is 0 Å². The van der Waals surface area contributed by atoms with Crippen LogP contribution in [0.5, 0.6) is 0 Å². The Morgan fingerprint density at radius 1 is 1.05 bits per heavy atom. The molecule has 0 atom stereocenters. The van der Waals surface area contributed by atoms with E-state index in [-0.39, 0.29) is 0 Å². The first-order valence-corrected chi connectivity index (χ1v) is 7.78. The summed E-state index contributed by atoms with van der Waals surface area (Å²) >= 11 is 0. The molecule has 2 aromatic carbocycles. The predicted molar refractivity (Wildman–Crippen MR) is 87.4 cm³/mol. The monoisotopic (exact) mass is 279 g/mol. The summed E-state index contributed by atoms with van der Waals surface area (Å²) in [4.78, 5) is 0. The van der Waals surface area contributed by atoms with Crippen LogP contribution < -0.4 is 0 Å². The van der Waals surface area contributed by atoms with E-state index in [2.05, 4.69) is 47.0 Å². The van der Waals surface area contributed by atoms with Crippen molar-refractivity contribution in [2.75, 3.05) is 0 Å². The summed E-state index contributed by atoms with van der Waals surface area (Å²) in [5.41, 5.74) is 2.78. The van der Waals surface area contributed by atoms with Crippen LogP contribution in [0.15, 0.2) is 42.5 Å². The zero-order valence-corrected chi connectivity index (χ0v) is 12.6. The molecule has 1 fully saturated rings. The fraction of sp³-hybridized carbons (Fsp3) is 0.368. The first-order chi connectivity index (χ1) is 10.0. The summed E-state index contributed by atoms with van der Waals surface area (Å²) in [5.74, 6) is 0.845. The van der Waals surface area contributed by atoms with E-state index < -0.39 is 5.60 Å². The lowest BCUT2D eigenvalue weighted by Crippen LogP contribution is -2.15. The second kappa shape index (κ2) is 4.35. The van der Waals surface area contributed by atoms with Crippen molar-refractivity contribution < 1.29 is 5.11 Å². The standard InChI is InChI=1S/C19H21NO/c1-19(2,21)14-9-10-18-16(11-14)15-5-3-4-6-17(15)20(18)12-13-7-8-13/h3-6,9-11,13,21H,7-8,12H2,1-2H3. The average Bonchev–Trinajstić information content (AvgIpc) is 3.22. The summed E-state index contributed by atoms with van der Waals surface area (Å²) in [5, 5.41) is 12.8. The Morgan fingerprint density at radius 3 is 2.48 bits per heavy atom. The van der Waals surface area contributed by atoms with Crippen molar-refractivity contribution in [3.8, 4) is 0 Å². The molecule has 0 radical (unpaired) electrons. The van der Waals surface area contributed by atoms with Gasteiger partial charge in [-0.25, -0.2) is 0 Å². The molecule has 0 aliphatic heterocycles.